The van der Waals surface area contributed by atoms with Gasteiger partial charge in [-0.1, -0.05) is 134 Å². The Balaban J connectivity index is -0.000000115. The summed E-state index contributed by atoms with van der Waals surface area (Å²) in [5.41, 5.74) is 0. The zero-order valence-corrected chi connectivity index (χ0v) is 19.8. The van der Waals surface area contributed by atoms with Gasteiger partial charge in [-0.25, -0.2) is 0 Å². The van der Waals surface area contributed by atoms with Crippen LogP contribution in [-0.2, 0) is 0 Å². The topological polar surface area (TPSA) is 0 Å². The SMILES string of the molecule is CC.CC.CC1CCCC(C)C1.CCCCC.CCCCC(C)C. The molecule has 1 saturated carbocycles. The van der Waals surface area contributed by atoms with Crippen LogP contribution in [0.3, 0.4) is 0 Å². The standard InChI is InChI=1S/C8H16.C7H16.C5H12.2C2H6/c1-7-4-3-5-8(2)6-7;1-4-5-6-7(2)3;1-3-5-4-2;2*1-2/h7-8H,3-6H2,1-2H3;7H,4-6H2,1-3H3;3-5H2,1-2H3;2*1-2H3. The van der Waals surface area contributed by atoms with E-state index in [-0.39, 0.29) is 0 Å². The Labute approximate surface area is 158 Å². The molecule has 0 heterocycles. The van der Waals surface area contributed by atoms with Crippen LogP contribution in [0.25, 0.3) is 0 Å². The zero-order chi connectivity index (χ0) is 19.8. The van der Waals surface area contributed by atoms with E-state index in [2.05, 4.69) is 48.5 Å². The maximum absolute atomic E-state index is 2.37. The summed E-state index contributed by atoms with van der Waals surface area (Å²) < 4.78 is 0. The summed E-state index contributed by atoms with van der Waals surface area (Å²) in [6, 6.07) is 0. The van der Waals surface area contributed by atoms with E-state index in [0.29, 0.717) is 0 Å². The van der Waals surface area contributed by atoms with E-state index < -0.39 is 0 Å². The summed E-state index contributed by atoms with van der Waals surface area (Å²) in [7, 11) is 0. The monoisotopic (exact) mass is 344 g/mol. The second kappa shape index (κ2) is 30.8. The molecule has 1 fully saturated rings. The summed E-state index contributed by atoms with van der Waals surface area (Å²) in [6.07, 6.45) is 14.1. The Morgan fingerprint density at radius 3 is 1.21 bits per heavy atom. The van der Waals surface area contributed by atoms with Crippen molar-refractivity contribution in [1.82, 2.24) is 0 Å². The summed E-state index contributed by atoms with van der Waals surface area (Å²) >= 11 is 0. The van der Waals surface area contributed by atoms with Crippen molar-refractivity contribution in [2.75, 3.05) is 0 Å². The van der Waals surface area contributed by atoms with Gasteiger partial charge in [-0.3, -0.25) is 0 Å². The first-order valence-corrected chi connectivity index (χ1v) is 11.5. The summed E-state index contributed by atoms with van der Waals surface area (Å²) in [5, 5.41) is 0. The van der Waals surface area contributed by atoms with Gasteiger partial charge in [0.2, 0.25) is 0 Å². The Bertz CT molecular complexity index is 149. The lowest BCUT2D eigenvalue weighted by Crippen LogP contribution is -2.09. The van der Waals surface area contributed by atoms with Gasteiger partial charge in [0.25, 0.3) is 0 Å². The van der Waals surface area contributed by atoms with E-state index in [1.165, 1.54) is 64.2 Å². The maximum Gasteiger partial charge on any atom is -0.0440 e. The van der Waals surface area contributed by atoms with Gasteiger partial charge in [-0.2, -0.15) is 0 Å². The third-order valence-corrected chi connectivity index (χ3v) is 4.04. The third-order valence-electron chi connectivity index (χ3n) is 4.04. The quantitative estimate of drug-likeness (QED) is 0.465. The van der Waals surface area contributed by atoms with Gasteiger partial charge < -0.3 is 0 Å². The normalized spacial score (nSPS) is 18.5. The average molecular weight is 345 g/mol. The lowest BCUT2D eigenvalue weighted by molar-refractivity contribution is 0.301. The van der Waals surface area contributed by atoms with Crippen LogP contribution in [0.5, 0.6) is 0 Å². The lowest BCUT2D eigenvalue weighted by Gasteiger charge is -2.22. The summed E-state index contributed by atoms with van der Waals surface area (Å²) in [6.45, 7) is 24.0. The van der Waals surface area contributed by atoms with Crippen molar-refractivity contribution in [3.63, 3.8) is 0 Å². The van der Waals surface area contributed by atoms with E-state index in [9.17, 15) is 0 Å². The van der Waals surface area contributed by atoms with Crippen molar-refractivity contribution in [3.8, 4) is 0 Å². The van der Waals surface area contributed by atoms with Crippen LogP contribution in [0.4, 0.5) is 0 Å². The molecule has 0 nitrogen and oxygen atoms in total. The molecule has 1 rings (SSSR count). The molecule has 0 aliphatic heterocycles. The fraction of sp³-hybridized carbons (Fsp3) is 1.00. The highest BCUT2D eigenvalue weighted by Gasteiger charge is 2.13. The van der Waals surface area contributed by atoms with Crippen molar-refractivity contribution < 1.29 is 0 Å². The second-order valence-electron chi connectivity index (χ2n) is 7.27. The van der Waals surface area contributed by atoms with Crippen LogP contribution in [0.15, 0.2) is 0 Å². The number of hydrogen-bond donors (Lipinski definition) is 0. The van der Waals surface area contributed by atoms with E-state index >= 15 is 0 Å². The van der Waals surface area contributed by atoms with E-state index in [4.69, 9.17) is 0 Å². The zero-order valence-electron chi connectivity index (χ0n) is 19.8. The number of hydrogen-bond acceptors (Lipinski definition) is 0. The van der Waals surface area contributed by atoms with Crippen molar-refractivity contribution in [2.24, 2.45) is 17.8 Å². The van der Waals surface area contributed by atoms with Gasteiger partial charge in [0, 0.05) is 0 Å². The van der Waals surface area contributed by atoms with Gasteiger partial charge in [-0.05, 0) is 24.2 Å². The predicted octanol–water partition coefficient (Wildman–Crippen LogP) is 9.91. The van der Waals surface area contributed by atoms with Crippen LogP contribution in [-0.4, -0.2) is 0 Å². The minimum absolute atomic E-state index is 0.903. The summed E-state index contributed by atoms with van der Waals surface area (Å²) in [5.74, 6) is 2.93. The van der Waals surface area contributed by atoms with Gasteiger partial charge >= 0.3 is 0 Å². The van der Waals surface area contributed by atoms with E-state index in [1.54, 1.807) is 0 Å². The number of rotatable bonds is 5. The number of unbranched alkanes of at least 4 members (excludes halogenated alkanes) is 3. The molecule has 0 saturated heterocycles. The molecule has 0 aromatic heterocycles. The fourth-order valence-electron chi connectivity index (χ4n) is 2.70. The van der Waals surface area contributed by atoms with Gasteiger partial charge in [0.05, 0.1) is 0 Å². The molecule has 0 N–H and O–H groups in total. The summed E-state index contributed by atoms with van der Waals surface area (Å²) in [4.78, 5) is 0. The molecule has 0 bridgehead atoms. The minimum atomic E-state index is 0.903. The molecule has 152 valence electrons. The molecule has 0 radical (unpaired) electrons. The van der Waals surface area contributed by atoms with Gasteiger partial charge in [0.15, 0.2) is 0 Å². The molecule has 0 heteroatoms. The highest BCUT2D eigenvalue weighted by atomic mass is 14.2. The van der Waals surface area contributed by atoms with Crippen LogP contribution in [0.1, 0.15) is 140 Å². The molecule has 0 amide bonds. The maximum atomic E-state index is 2.37. The van der Waals surface area contributed by atoms with Crippen molar-refractivity contribution in [3.05, 3.63) is 0 Å². The molecule has 24 heavy (non-hydrogen) atoms. The molecule has 2 unspecified atom stereocenters. The first-order chi connectivity index (χ1) is 11.5. The Morgan fingerprint density at radius 1 is 0.708 bits per heavy atom. The predicted molar refractivity (Wildman–Crippen MR) is 119 cm³/mol. The highest BCUT2D eigenvalue weighted by molar-refractivity contribution is 4.66. The Kier molecular flexibility index (Phi) is 40.8. The molecule has 0 aromatic rings. The fourth-order valence-corrected chi connectivity index (χ4v) is 2.70. The first kappa shape index (κ1) is 31.7. The van der Waals surface area contributed by atoms with Crippen LogP contribution in [0.2, 0.25) is 0 Å². The molecule has 0 spiro atoms. The Morgan fingerprint density at radius 2 is 1.08 bits per heavy atom. The van der Waals surface area contributed by atoms with Crippen molar-refractivity contribution >= 4 is 0 Å². The first-order valence-electron chi connectivity index (χ1n) is 11.5. The minimum Gasteiger partial charge on any atom is -0.0683 e. The Hall–Kier alpha value is 0. The molecular weight excluding hydrogens is 288 g/mol. The molecule has 1 aliphatic rings. The van der Waals surface area contributed by atoms with Crippen molar-refractivity contribution in [2.45, 2.75) is 140 Å². The van der Waals surface area contributed by atoms with Crippen LogP contribution in [0, 0.1) is 17.8 Å². The average Bonchev–Trinajstić information content (AvgIpc) is 2.58. The van der Waals surface area contributed by atoms with E-state index in [0.717, 1.165) is 17.8 Å². The smallest absolute Gasteiger partial charge is 0.0440 e. The third kappa shape index (κ3) is 37.9. The molecule has 0 aromatic carbocycles. The van der Waals surface area contributed by atoms with Crippen molar-refractivity contribution in [1.29, 1.82) is 0 Å². The van der Waals surface area contributed by atoms with Gasteiger partial charge in [0.1, 0.15) is 0 Å². The largest absolute Gasteiger partial charge is 0.0683 e. The molecule has 1 aliphatic carbocycles. The highest BCUT2D eigenvalue weighted by Crippen LogP contribution is 2.27. The molecular formula is C24H56. The van der Waals surface area contributed by atoms with Gasteiger partial charge in [-0.15, -0.1) is 0 Å². The lowest BCUT2D eigenvalue weighted by atomic mass is 9.84. The van der Waals surface area contributed by atoms with Crippen LogP contribution >= 0.6 is 0 Å². The van der Waals surface area contributed by atoms with Crippen LogP contribution < -0.4 is 0 Å². The second-order valence-corrected chi connectivity index (χ2v) is 7.27. The molecule has 2 atom stereocenters. The van der Waals surface area contributed by atoms with E-state index in [1.807, 2.05) is 27.7 Å².